The first kappa shape index (κ1) is 11.0. The minimum Gasteiger partial charge on any atom is -0.497 e. The van der Waals surface area contributed by atoms with E-state index in [2.05, 4.69) is 20.9 Å². The summed E-state index contributed by atoms with van der Waals surface area (Å²) in [6.45, 7) is 2.28. The first-order chi connectivity index (χ1) is 6.69. The number of nitrogens with zero attached hydrogens (tertiary/aromatic N) is 1. The number of hydrogen-bond acceptors (Lipinski definition) is 3. The lowest BCUT2D eigenvalue weighted by Crippen LogP contribution is -1.91. The van der Waals surface area contributed by atoms with Crippen molar-refractivity contribution in [2.45, 2.75) is 13.5 Å². The Balaban J connectivity index is 3.12. The highest BCUT2D eigenvalue weighted by Gasteiger charge is 2.05. The maximum absolute atomic E-state index is 9.99. The molecule has 0 saturated carbocycles. The van der Waals surface area contributed by atoms with Crippen molar-refractivity contribution in [2.24, 2.45) is 4.99 Å². The summed E-state index contributed by atoms with van der Waals surface area (Å²) in [5, 5.41) is 0. The molecular weight excluding hydrogens is 246 g/mol. The van der Waals surface area contributed by atoms with Gasteiger partial charge in [-0.3, -0.25) is 0 Å². The van der Waals surface area contributed by atoms with E-state index in [-0.39, 0.29) is 0 Å². The molecule has 14 heavy (non-hydrogen) atoms. The van der Waals surface area contributed by atoms with Gasteiger partial charge in [0, 0.05) is 4.47 Å². The Hall–Kier alpha value is -1.12. The molecule has 0 amide bonds. The highest BCUT2D eigenvalue weighted by molar-refractivity contribution is 9.10. The van der Waals surface area contributed by atoms with Crippen molar-refractivity contribution in [3.8, 4) is 5.75 Å². The van der Waals surface area contributed by atoms with E-state index in [1.807, 2.05) is 19.1 Å². The number of aryl methyl sites for hydroxylation is 1. The summed E-state index contributed by atoms with van der Waals surface area (Å²) in [7, 11) is 1.61. The molecule has 4 heteroatoms. The van der Waals surface area contributed by atoms with Gasteiger partial charge in [-0.1, -0.05) is 15.9 Å². The molecule has 3 nitrogen and oxygen atoms in total. The summed E-state index contributed by atoms with van der Waals surface area (Å²) >= 11 is 3.43. The molecule has 0 fully saturated rings. The van der Waals surface area contributed by atoms with Gasteiger partial charge >= 0.3 is 0 Å². The molecule has 0 heterocycles. The van der Waals surface area contributed by atoms with Crippen LogP contribution in [0.3, 0.4) is 0 Å². The number of isocyanates is 1. The maximum Gasteiger partial charge on any atom is 0.235 e. The summed E-state index contributed by atoms with van der Waals surface area (Å²) in [6, 6.07) is 3.76. The lowest BCUT2D eigenvalue weighted by molar-refractivity contribution is 0.414. The number of benzene rings is 1. The Labute approximate surface area is 90.9 Å². The summed E-state index contributed by atoms with van der Waals surface area (Å²) in [6.07, 6.45) is 1.51. The van der Waals surface area contributed by atoms with E-state index in [0.717, 1.165) is 21.3 Å². The predicted molar refractivity (Wildman–Crippen MR) is 57.3 cm³/mol. The highest BCUT2D eigenvalue weighted by Crippen LogP contribution is 2.27. The van der Waals surface area contributed by atoms with E-state index in [9.17, 15) is 4.79 Å². The molecule has 0 spiro atoms. The Morgan fingerprint density at radius 3 is 2.86 bits per heavy atom. The van der Waals surface area contributed by atoms with Crippen molar-refractivity contribution in [3.63, 3.8) is 0 Å². The van der Waals surface area contributed by atoms with E-state index in [4.69, 9.17) is 4.74 Å². The quantitative estimate of drug-likeness (QED) is 0.615. The minimum absolute atomic E-state index is 0.322. The molecule has 0 saturated heterocycles. The molecule has 0 N–H and O–H groups in total. The zero-order valence-corrected chi connectivity index (χ0v) is 9.59. The third kappa shape index (κ3) is 2.44. The molecule has 0 unspecified atom stereocenters. The van der Waals surface area contributed by atoms with Crippen LogP contribution < -0.4 is 4.74 Å². The predicted octanol–water partition coefficient (Wildman–Crippen LogP) is 2.60. The number of aliphatic imine (C=N–C) groups is 1. The number of hydrogen-bond donors (Lipinski definition) is 0. The van der Waals surface area contributed by atoms with Gasteiger partial charge in [0.05, 0.1) is 13.7 Å². The van der Waals surface area contributed by atoms with Gasteiger partial charge in [-0.15, -0.1) is 0 Å². The molecule has 0 aliphatic carbocycles. The average Bonchev–Trinajstić information content (AvgIpc) is 2.20. The van der Waals surface area contributed by atoms with Crippen molar-refractivity contribution in [1.82, 2.24) is 0 Å². The van der Waals surface area contributed by atoms with Gasteiger partial charge in [-0.05, 0) is 30.2 Å². The first-order valence-corrected chi connectivity index (χ1v) is 4.85. The Morgan fingerprint density at radius 2 is 2.29 bits per heavy atom. The number of carbonyl (C=O) groups excluding carboxylic acids is 1. The zero-order chi connectivity index (χ0) is 10.6. The Morgan fingerprint density at radius 1 is 1.57 bits per heavy atom. The molecule has 1 aromatic carbocycles. The van der Waals surface area contributed by atoms with Crippen LogP contribution in [0.2, 0.25) is 0 Å². The number of rotatable bonds is 3. The lowest BCUT2D eigenvalue weighted by atomic mass is 10.1. The van der Waals surface area contributed by atoms with Crippen LogP contribution in [0.4, 0.5) is 0 Å². The number of methoxy groups -OCH3 is 1. The van der Waals surface area contributed by atoms with Crippen molar-refractivity contribution in [3.05, 3.63) is 27.7 Å². The second kappa shape index (κ2) is 4.94. The molecule has 1 aromatic rings. The molecule has 74 valence electrons. The fourth-order valence-corrected chi connectivity index (χ4v) is 1.51. The van der Waals surface area contributed by atoms with E-state index < -0.39 is 0 Å². The van der Waals surface area contributed by atoms with Crippen LogP contribution in [0, 0.1) is 6.92 Å². The van der Waals surface area contributed by atoms with Gasteiger partial charge in [0.15, 0.2) is 0 Å². The molecule has 0 radical (unpaired) electrons. The van der Waals surface area contributed by atoms with Crippen LogP contribution in [0.15, 0.2) is 21.6 Å². The second-order valence-electron chi connectivity index (χ2n) is 2.82. The molecule has 0 aromatic heterocycles. The fourth-order valence-electron chi connectivity index (χ4n) is 1.16. The van der Waals surface area contributed by atoms with E-state index in [0.29, 0.717) is 6.54 Å². The molecule has 0 bridgehead atoms. The third-order valence-electron chi connectivity index (χ3n) is 1.85. The van der Waals surface area contributed by atoms with Crippen LogP contribution >= 0.6 is 15.9 Å². The SMILES string of the molecule is COc1cc(C)c(Br)c(CN=C=O)c1. The molecule has 0 aliphatic rings. The Kier molecular flexibility index (Phi) is 3.86. The summed E-state index contributed by atoms with van der Waals surface area (Å²) in [5.41, 5.74) is 1.98. The molecule has 1 rings (SSSR count). The number of ether oxygens (including phenoxy) is 1. The highest BCUT2D eigenvalue weighted by atomic mass is 79.9. The summed E-state index contributed by atoms with van der Waals surface area (Å²) < 4.78 is 6.07. The average molecular weight is 256 g/mol. The maximum atomic E-state index is 9.99. The smallest absolute Gasteiger partial charge is 0.235 e. The van der Waals surface area contributed by atoms with Crippen molar-refractivity contribution in [2.75, 3.05) is 7.11 Å². The first-order valence-electron chi connectivity index (χ1n) is 4.05. The van der Waals surface area contributed by atoms with Crippen LogP contribution in [-0.4, -0.2) is 13.2 Å². The van der Waals surface area contributed by atoms with Crippen LogP contribution in [-0.2, 0) is 11.3 Å². The normalized spacial score (nSPS) is 9.36. The van der Waals surface area contributed by atoms with Gasteiger partial charge in [0.1, 0.15) is 5.75 Å². The van der Waals surface area contributed by atoms with Crippen molar-refractivity contribution < 1.29 is 9.53 Å². The van der Waals surface area contributed by atoms with Crippen molar-refractivity contribution >= 4 is 22.0 Å². The topological polar surface area (TPSA) is 38.7 Å². The van der Waals surface area contributed by atoms with Crippen LogP contribution in [0.1, 0.15) is 11.1 Å². The lowest BCUT2D eigenvalue weighted by Gasteiger charge is -2.07. The summed E-state index contributed by atoms with van der Waals surface area (Å²) in [5.74, 6) is 0.766. The molecular formula is C10H10BrNO2. The van der Waals surface area contributed by atoms with Crippen LogP contribution in [0.25, 0.3) is 0 Å². The van der Waals surface area contributed by atoms with E-state index in [1.54, 1.807) is 7.11 Å². The fraction of sp³-hybridized carbons (Fsp3) is 0.300. The van der Waals surface area contributed by atoms with Gasteiger partial charge in [-0.2, -0.15) is 0 Å². The standard InChI is InChI=1S/C10H10BrNO2/c1-7-3-9(14-2)4-8(10(7)11)5-12-6-13/h3-4H,5H2,1-2H3. The van der Waals surface area contributed by atoms with Crippen molar-refractivity contribution in [1.29, 1.82) is 0 Å². The molecule has 0 atom stereocenters. The summed E-state index contributed by atoms with van der Waals surface area (Å²) in [4.78, 5) is 13.5. The minimum atomic E-state index is 0.322. The Bertz CT molecular complexity index is 384. The number of halogens is 1. The van der Waals surface area contributed by atoms with Gasteiger partial charge in [0.2, 0.25) is 6.08 Å². The second-order valence-corrected chi connectivity index (χ2v) is 3.62. The van der Waals surface area contributed by atoms with Gasteiger partial charge in [0.25, 0.3) is 0 Å². The van der Waals surface area contributed by atoms with E-state index in [1.165, 1.54) is 6.08 Å². The monoisotopic (exact) mass is 255 g/mol. The molecule has 0 aliphatic heterocycles. The van der Waals surface area contributed by atoms with Crippen LogP contribution in [0.5, 0.6) is 5.75 Å². The van der Waals surface area contributed by atoms with Gasteiger partial charge in [-0.25, -0.2) is 9.79 Å². The van der Waals surface area contributed by atoms with Gasteiger partial charge < -0.3 is 4.74 Å². The van der Waals surface area contributed by atoms with E-state index >= 15 is 0 Å². The zero-order valence-electron chi connectivity index (χ0n) is 8.00. The third-order valence-corrected chi connectivity index (χ3v) is 2.99. The largest absolute Gasteiger partial charge is 0.497 e.